The summed E-state index contributed by atoms with van der Waals surface area (Å²) in [6.07, 6.45) is 3.10. The zero-order chi connectivity index (χ0) is 9.19. The van der Waals surface area contributed by atoms with Crippen LogP contribution in [0.1, 0.15) is 32.6 Å². The molecule has 0 aliphatic heterocycles. The Morgan fingerprint density at radius 2 is 2.08 bits per heavy atom. The maximum Gasteiger partial charge on any atom is 0.312 e. The van der Waals surface area contributed by atoms with Crippen LogP contribution in [-0.2, 0) is 0 Å². The molecule has 4 N–H and O–H groups in total. The van der Waals surface area contributed by atoms with Crippen molar-refractivity contribution in [2.45, 2.75) is 44.2 Å². The molecule has 0 bridgehead atoms. The smallest absolute Gasteiger partial charge is 0.312 e. The van der Waals surface area contributed by atoms with Crippen molar-refractivity contribution in [2.24, 2.45) is 5.73 Å². The second kappa shape index (κ2) is 3.31. The maximum atomic E-state index is 10.5. The summed E-state index contributed by atoms with van der Waals surface area (Å²) in [5.41, 5.74) is 4.43. The molecule has 12 heavy (non-hydrogen) atoms. The van der Waals surface area contributed by atoms with Crippen LogP contribution in [0.2, 0.25) is 0 Å². The standard InChI is InChI=1S/C8H16N2O2/c1-8(12)4-2-6(3-5-8)10-7(9)11/h6,12H,2-5H2,1H3,(H3,9,10,11). The van der Waals surface area contributed by atoms with E-state index in [2.05, 4.69) is 5.32 Å². The lowest BCUT2D eigenvalue weighted by Crippen LogP contribution is -2.44. The fourth-order valence-corrected chi connectivity index (χ4v) is 1.59. The molecule has 1 aliphatic rings. The van der Waals surface area contributed by atoms with Gasteiger partial charge >= 0.3 is 6.03 Å². The van der Waals surface area contributed by atoms with Crippen LogP contribution in [-0.4, -0.2) is 22.8 Å². The maximum absolute atomic E-state index is 10.5. The molecule has 0 aromatic heterocycles. The first kappa shape index (κ1) is 9.32. The SMILES string of the molecule is CC1(O)CCC(NC(N)=O)CC1. The Bertz CT molecular complexity index is 170. The number of hydrogen-bond donors (Lipinski definition) is 3. The van der Waals surface area contributed by atoms with Crippen molar-refractivity contribution in [3.63, 3.8) is 0 Å². The lowest BCUT2D eigenvalue weighted by molar-refractivity contribution is 0.0153. The van der Waals surface area contributed by atoms with Gasteiger partial charge in [0.05, 0.1) is 5.60 Å². The van der Waals surface area contributed by atoms with E-state index in [1.54, 1.807) is 0 Å². The van der Waals surface area contributed by atoms with Gasteiger partial charge in [0.1, 0.15) is 0 Å². The van der Waals surface area contributed by atoms with E-state index < -0.39 is 11.6 Å². The molecule has 4 nitrogen and oxygen atoms in total. The molecule has 0 spiro atoms. The van der Waals surface area contributed by atoms with Gasteiger partial charge < -0.3 is 16.2 Å². The van der Waals surface area contributed by atoms with Crippen molar-refractivity contribution in [1.82, 2.24) is 5.32 Å². The van der Waals surface area contributed by atoms with Gasteiger partial charge in [-0.15, -0.1) is 0 Å². The highest BCUT2D eigenvalue weighted by Crippen LogP contribution is 2.27. The summed E-state index contributed by atoms with van der Waals surface area (Å²) in [6, 6.07) is -0.315. The third-order valence-electron chi connectivity index (χ3n) is 2.41. The van der Waals surface area contributed by atoms with Gasteiger partial charge in [0.25, 0.3) is 0 Å². The van der Waals surface area contributed by atoms with E-state index in [4.69, 9.17) is 5.73 Å². The quantitative estimate of drug-likeness (QED) is 0.533. The van der Waals surface area contributed by atoms with Crippen LogP contribution in [0.3, 0.4) is 0 Å². The summed E-state index contributed by atoms with van der Waals surface area (Å²) in [7, 11) is 0. The summed E-state index contributed by atoms with van der Waals surface area (Å²) < 4.78 is 0. The molecule has 1 rings (SSSR count). The number of nitrogens with two attached hydrogens (primary N) is 1. The summed E-state index contributed by atoms with van der Waals surface area (Å²) in [5, 5.41) is 12.2. The molecule has 0 unspecified atom stereocenters. The van der Waals surface area contributed by atoms with Crippen LogP contribution >= 0.6 is 0 Å². The molecule has 0 saturated heterocycles. The molecule has 0 aromatic carbocycles. The molecule has 1 aliphatic carbocycles. The van der Waals surface area contributed by atoms with Crippen molar-refractivity contribution in [3.05, 3.63) is 0 Å². The normalized spacial score (nSPS) is 36.0. The van der Waals surface area contributed by atoms with Gasteiger partial charge in [0.2, 0.25) is 0 Å². The lowest BCUT2D eigenvalue weighted by atomic mass is 9.84. The number of urea groups is 1. The Labute approximate surface area is 72.1 Å². The first-order valence-corrected chi connectivity index (χ1v) is 4.28. The Morgan fingerprint density at radius 3 is 2.50 bits per heavy atom. The van der Waals surface area contributed by atoms with E-state index in [0.717, 1.165) is 25.7 Å². The van der Waals surface area contributed by atoms with Crippen molar-refractivity contribution in [2.75, 3.05) is 0 Å². The molecular weight excluding hydrogens is 156 g/mol. The van der Waals surface area contributed by atoms with Gasteiger partial charge in [0.15, 0.2) is 0 Å². The van der Waals surface area contributed by atoms with Gasteiger partial charge in [0, 0.05) is 6.04 Å². The minimum absolute atomic E-state index is 0.155. The van der Waals surface area contributed by atoms with Crippen LogP contribution in [0, 0.1) is 0 Å². The first-order valence-electron chi connectivity index (χ1n) is 4.28. The molecule has 0 aromatic rings. The fraction of sp³-hybridized carbons (Fsp3) is 0.875. The number of carbonyl (C=O) groups is 1. The predicted molar refractivity (Wildman–Crippen MR) is 45.6 cm³/mol. The number of nitrogens with one attached hydrogen (secondary N) is 1. The monoisotopic (exact) mass is 172 g/mol. The van der Waals surface area contributed by atoms with Crippen LogP contribution < -0.4 is 11.1 Å². The topological polar surface area (TPSA) is 75.3 Å². The Hall–Kier alpha value is -0.770. The Morgan fingerprint density at radius 1 is 1.58 bits per heavy atom. The van der Waals surface area contributed by atoms with Gasteiger partial charge in [-0.25, -0.2) is 4.79 Å². The largest absolute Gasteiger partial charge is 0.390 e. The van der Waals surface area contributed by atoms with Crippen molar-refractivity contribution in [1.29, 1.82) is 0 Å². The van der Waals surface area contributed by atoms with E-state index in [0.29, 0.717) is 0 Å². The third kappa shape index (κ3) is 2.70. The molecule has 2 amide bonds. The highest BCUT2D eigenvalue weighted by Gasteiger charge is 2.28. The number of aliphatic hydroxyl groups is 1. The summed E-state index contributed by atoms with van der Waals surface area (Å²) in [5.74, 6) is 0. The predicted octanol–water partition coefficient (Wildman–Crippen LogP) is 0.348. The molecule has 70 valence electrons. The molecular formula is C8H16N2O2. The summed E-state index contributed by atoms with van der Waals surface area (Å²) in [6.45, 7) is 1.83. The summed E-state index contributed by atoms with van der Waals surface area (Å²) in [4.78, 5) is 10.5. The first-order chi connectivity index (χ1) is 5.49. The molecule has 0 heterocycles. The van der Waals surface area contributed by atoms with Gasteiger partial charge in [-0.1, -0.05) is 0 Å². The van der Waals surface area contributed by atoms with Crippen LogP contribution in [0.5, 0.6) is 0 Å². The number of amides is 2. The van der Waals surface area contributed by atoms with Gasteiger partial charge in [-0.3, -0.25) is 0 Å². The highest BCUT2D eigenvalue weighted by atomic mass is 16.3. The van der Waals surface area contributed by atoms with E-state index >= 15 is 0 Å². The second-order valence-electron chi connectivity index (χ2n) is 3.78. The highest BCUT2D eigenvalue weighted by molar-refractivity contribution is 5.71. The van der Waals surface area contributed by atoms with Crippen LogP contribution in [0.4, 0.5) is 4.79 Å². The van der Waals surface area contributed by atoms with Gasteiger partial charge in [-0.05, 0) is 32.6 Å². The minimum atomic E-state index is -0.546. The van der Waals surface area contributed by atoms with Gasteiger partial charge in [-0.2, -0.15) is 0 Å². The van der Waals surface area contributed by atoms with Crippen LogP contribution in [0.15, 0.2) is 0 Å². The van der Waals surface area contributed by atoms with Crippen molar-refractivity contribution >= 4 is 6.03 Å². The van der Waals surface area contributed by atoms with E-state index in [1.807, 2.05) is 6.92 Å². The average Bonchev–Trinajstić information content (AvgIpc) is 1.93. The lowest BCUT2D eigenvalue weighted by Gasteiger charge is -2.32. The van der Waals surface area contributed by atoms with E-state index in [-0.39, 0.29) is 6.04 Å². The number of carbonyl (C=O) groups excluding carboxylic acids is 1. The summed E-state index contributed by atoms with van der Waals surface area (Å²) >= 11 is 0. The van der Waals surface area contributed by atoms with Crippen LogP contribution in [0.25, 0.3) is 0 Å². The zero-order valence-corrected chi connectivity index (χ0v) is 7.34. The van der Waals surface area contributed by atoms with E-state index in [9.17, 15) is 9.90 Å². The molecule has 4 heteroatoms. The average molecular weight is 172 g/mol. The zero-order valence-electron chi connectivity index (χ0n) is 7.34. The minimum Gasteiger partial charge on any atom is -0.390 e. The fourth-order valence-electron chi connectivity index (χ4n) is 1.59. The number of primary amides is 1. The number of rotatable bonds is 1. The van der Waals surface area contributed by atoms with Crippen molar-refractivity contribution < 1.29 is 9.90 Å². The number of hydrogen-bond acceptors (Lipinski definition) is 2. The molecule has 1 fully saturated rings. The molecule has 1 saturated carbocycles. The van der Waals surface area contributed by atoms with E-state index in [1.165, 1.54) is 0 Å². The molecule has 0 atom stereocenters. The Balaban J connectivity index is 2.31. The van der Waals surface area contributed by atoms with Crippen molar-refractivity contribution in [3.8, 4) is 0 Å². The molecule has 0 radical (unpaired) electrons. The Kier molecular flexibility index (Phi) is 2.57. The second-order valence-corrected chi connectivity index (χ2v) is 3.78. The third-order valence-corrected chi connectivity index (χ3v) is 2.41.